The van der Waals surface area contributed by atoms with Crippen LogP contribution in [0.1, 0.15) is 19.4 Å². The van der Waals surface area contributed by atoms with E-state index in [1.54, 1.807) is 0 Å². The van der Waals surface area contributed by atoms with Gasteiger partial charge in [0.1, 0.15) is 12.4 Å². The molecule has 1 rings (SSSR count). The lowest BCUT2D eigenvalue weighted by molar-refractivity contribution is 0.141. The Morgan fingerprint density at radius 2 is 2.15 bits per heavy atom. The summed E-state index contributed by atoms with van der Waals surface area (Å²) in [6.45, 7) is 6.79. The number of hydrogen-bond donors (Lipinski definition) is 2. The Bertz CT molecular complexity index is 449. The Kier molecular flexibility index (Phi) is 7.74. The summed E-state index contributed by atoms with van der Waals surface area (Å²) >= 11 is 0. The minimum absolute atomic E-state index is 0.169. The molecule has 0 spiro atoms. The average Bonchev–Trinajstić information content (AvgIpc) is 2.44. The highest BCUT2D eigenvalue weighted by Crippen LogP contribution is 2.12. The zero-order valence-electron chi connectivity index (χ0n) is 12.3. The van der Waals surface area contributed by atoms with Crippen LogP contribution in [0.2, 0.25) is 0 Å². The number of rotatable bonds is 7. The lowest BCUT2D eigenvalue weighted by atomic mass is 10.2. The van der Waals surface area contributed by atoms with E-state index in [0.29, 0.717) is 25.7 Å². The quantitative estimate of drug-likeness (QED) is 0.732. The SMILES string of the molecule is CC(C)N(CCO)CCOc1cccc(C#CCN)c1. The summed E-state index contributed by atoms with van der Waals surface area (Å²) in [6.07, 6.45) is 0. The van der Waals surface area contributed by atoms with Gasteiger partial charge in [-0.15, -0.1) is 0 Å². The predicted molar refractivity (Wildman–Crippen MR) is 81.7 cm³/mol. The molecule has 0 atom stereocenters. The molecular weight excluding hydrogens is 252 g/mol. The fourth-order valence-electron chi connectivity index (χ4n) is 1.85. The van der Waals surface area contributed by atoms with Crippen molar-refractivity contribution in [2.45, 2.75) is 19.9 Å². The standard InChI is InChI=1S/C16H24N2O2/c1-14(2)18(9-11-19)10-12-20-16-7-3-5-15(13-16)6-4-8-17/h3,5,7,13-14,19H,8-12,17H2,1-2H3. The lowest BCUT2D eigenvalue weighted by Crippen LogP contribution is -2.36. The predicted octanol–water partition coefficient (Wildman–Crippen LogP) is 1.08. The Balaban J connectivity index is 2.48. The summed E-state index contributed by atoms with van der Waals surface area (Å²) in [5, 5.41) is 9.01. The molecule has 0 aliphatic carbocycles. The largest absolute Gasteiger partial charge is 0.492 e. The molecule has 0 aliphatic rings. The van der Waals surface area contributed by atoms with Gasteiger partial charge in [0.2, 0.25) is 0 Å². The van der Waals surface area contributed by atoms with Gasteiger partial charge in [0.05, 0.1) is 13.2 Å². The highest BCUT2D eigenvalue weighted by atomic mass is 16.5. The van der Waals surface area contributed by atoms with Gasteiger partial charge in [-0.3, -0.25) is 4.90 Å². The van der Waals surface area contributed by atoms with Gasteiger partial charge in [-0.05, 0) is 32.0 Å². The normalized spacial score (nSPS) is 10.5. The van der Waals surface area contributed by atoms with Crippen molar-refractivity contribution in [2.24, 2.45) is 5.73 Å². The van der Waals surface area contributed by atoms with Crippen LogP contribution in [0.25, 0.3) is 0 Å². The fourth-order valence-corrected chi connectivity index (χ4v) is 1.85. The minimum atomic E-state index is 0.169. The van der Waals surface area contributed by atoms with Crippen molar-refractivity contribution >= 4 is 0 Å². The first-order chi connectivity index (χ1) is 9.67. The summed E-state index contributed by atoms with van der Waals surface area (Å²) in [5.74, 6) is 6.61. The van der Waals surface area contributed by atoms with E-state index < -0.39 is 0 Å². The third-order valence-corrected chi connectivity index (χ3v) is 2.93. The molecule has 0 unspecified atom stereocenters. The second-order valence-corrected chi connectivity index (χ2v) is 4.74. The Morgan fingerprint density at radius 1 is 1.35 bits per heavy atom. The van der Waals surface area contributed by atoms with Crippen molar-refractivity contribution in [2.75, 3.05) is 32.8 Å². The Hall–Kier alpha value is -1.54. The second-order valence-electron chi connectivity index (χ2n) is 4.74. The fraction of sp³-hybridized carbons (Fsp3) is 0.500. The van der Waals surface area contributed by atoms with Gasteiger partial charge in [0, 0.05) is 24.7 Å². The van der Waals surface area contributed by atoms with E-state index in [9.17, 15) is 0 Å². The van der Waals surface area contributed by atoms with Crippen molar-refractivity contribution in [3.8, 4) is 17.6 Å². The van der Waals surface area contributed by atoms with Crippen molar-refractivity contribution in [1.29, 1.82) is 0 Å². The highest BCUT2D eigenvalue weighted by Gasteiger charge is 2.08. The van der Waals surface area contributed by atoms with Gasteiger partial charge in [-0.1, -0.05) is 17.9 Å². The molecule has 3 N–H and O–H groups in total. The van der Waals surface area contributed by atoms with Crippen molar-refractivity contribution in [3.05, 3.63) is 29.8 Å². The maximum absolute atomic E-state index is 9.01. The molecule has 0 aromatic heterocycles. The molecule has 0 fully saturated rings. The van der Waals surface area contributed by atoms with Crippen LogP contribution in [0.4, 0.5) is 0 Å². The molecule has 0 heterocycles. The van der Waals surface area contributed by atoms with Gasteiger partial charge < -0.3 is 15.6 Å². The van der Waals surface area contributed by atoms with Crippen LogP contribution in [-0.2, 0) is 0 Å². The molecule has 0 aliphatic heterocycles. The first-order valence-electron chi connectivity index (χ1n) is 6.94. The number of aliphatic hydroxyl groups is 1. The van der Waals surface area contributed by atoms with Gasteiger partial charge in [-0.25, -0.2) is 0 Å². The van der Waals surface area contributed by atoms with Gasteiger partial charge in [0.25, 0.3) is 0 Å². The van der Waals surface area contributed by atoms with Crippen molar-refractivity contribution in [1.82, 2.24) is 4.90 Å². The maximum Gasteiger partial charge on any atom is 0.120 e. The summed E-state index contributed by atoms with van der Waals surface area (Å²) < 4.78 is 5.73. The van der Waals surface area contributed by atoms with E-state index in [1.165, 1.54) is 0 Å². The molecule has 4 heteroatoms. The molecule has 0 radical (unpaired) electrons. The van der Waals surface area contributed by atoms with Gasteiger partial charge in [0.15, 0.2) is 0 Å². The van der Waals surface area contributed by atoms with Crippen molar-refractivity contribution < 1.29 is 9.84 Å². The van der Waals surface area contributed by atoms with Crippen LogP contribution in [0.5, 0.6) is 5.75 Å². The zero-order valence-corrected chi connectivity index (χ0v) is 12.3. The van der Waals surface area contributed by atoms with Crippen LogP contribution >= 0.6 is 0 Å². The third-order valence-electron chi connectivity index (χ3n) is 2.93. The number of ether oxygens (including phenoxy) is 1. The molecule has 1 aromatic carbocycles. The molecule has 0 amide bonds. The van der Waals surface area contributed by atoms with Gasteiger partial charge in [-0.2, -0.15) is 0 Å². The van der Waals surface area contributed by atoms with Crippen LogP contribution in [-0.4, -0.2) is 48.9 Å². The average molecular weight is 276 g/mol. The Morgan fingerprint density at radius 3 is 2.80 bits per heavy atom. The third kappa shape index (κ3) is 6.07. The zero-order chi connectivity index (χ0) is 14.8. The Labute approximate surface area is 121 Å². The van der Waals surface area contributed by atoms with E-state index in [-0.39, 0.29) is 6.61 Å². The molecule has 4 nitrogen and oxygen atoms in total. The summed E-state index contributed by atoms with van der Waals surface area (Å²) in [5.41, 5.74) is 6.26. The number of nitrogens with zero attached hydrogens (tertiary/aromatic N) is 1. The van der Waals surface area contributed by atoms with E-state index in [1.807, 2.05) is 24.3 Å². The monoisotopic (exact) mass is 276 g/mol. The summed E-state index contributed by atoms with van der Waals surface area (Å²) in [6, 6.07) is 8.08. The highest BCUT2D eigenvalue weighted by molar-refractivity contribution is 5.39. The first-order valence-corrected chi connectivity index (χ1v) is 6.94. The maximum atomic E-state index is 9.01. The first kappa shape index (κ1) is 16.5. The molecule has 20 heavy (non-hydrogen) atoms. The molecule has 0 bridgehead atoms. The molecule has 0 saturated carbocycles. The molecule has 110 valence electrons. The van der Waals surface area contributed by atoms with Gasteiger partial charge >= 0.3 is 0 Å². The smallest absolute Gasteiger partial charge is 0.120 e. The van der Waals surface area contributed by atoms with E-state index in [2.05, 4.69) is 30.6 Å². The summed E-state index contributed by atoms with van der Waals surface area (Å²) in [7, 11) is 0. The minimum Gasteiger partial charge on any atom is -0.492 e. The molecular formula is C16H24N2O2. The number of benzene rings is 1. The van der Waals surface area contributed by atoms with E-state index in [4.69, 9.17) is 15.6 Å². The van der Waals surface area contributed by atoms with Crippen LogP contribution in [0.3, 0.4) is 0 Å². The van der Waals surface area contributed by atoms with E-state index in [0.717, 1.165) is 17.9 Å². The second kappa shape index (κ2) is 9.38. The molecule has 1 aromatic rings. The number of nitrogens with two attached hydrogens (primary N) is 1. The lowest BCUT2D eigenvalue weighted by Gasteiger charge is -2.25. The summed E-state index contributed by atoms with van der Waals surface area (Å²) in [4.78, 5) is 2.18. The number of hydrogen-bond acceptors (Lipinski definition) is 4. The van der Waals surface area contributed by atoms with Crippen LogP contribution in [0.15, 0.2) is 24.3 Å². The topological polar surface area (TPSA) is 58.7 Å². The molecule has 0 saturated heterocycles. The van der Waals surface area contributed by atoms with E-state index >= 15 is 0 Å². The van der Waals surface area contributed by atoms with Crippen LogP contribution in [0, 0.1) is 11.8 Å². The van der Waals surface area contributed by atoms with Crippen LogP contribution < -0.4 is 10.5 Å². The van der Waals surface area contributed by atoms with Crippen molar-refractivity contribution in [3.63, 3.8) is 0 Å². The number of aliphatic hydroxyl groups excluding tert-OH is 1.